The third-order valence-electron chi connectivity index (χ3n) is 2.93. The van der Waals surface area contributed by atoms with Gasteiger partial charge in [0.25, 0.3) is 0 Å². The van der Waals surface area contributed by atoms with Crippen LogP contribution in [0.2, 0.25) is 0 Å². The van der Waals surface area contributed by atoms with Gasteiger partial charge in [-0.25, -0.2) is 8.42 Å². The van der Waals surface area contributed by atoms with E-state index in [1.54, 1.807) is 0 Å². The Hall–Kier alpha value is -1.88. The molecule has 2 rings (SSSR count). The molecule has 5 heteroatoms. The van der Waals surface area contributed by atoms with Crippen LogP contribution in [0.5, 0.6) is 0 Å². The number of pyridine rings is 1. The van der Waals surface area contributed by atoms with Crippen molar-refractivity contribution in [3.8, 4) is 0 Å². The van der Waals surface area contributed by atoms with Crippen molar-refractivity contribution in [1.29, 1.82) is 0 Å². The molecule has 1 aromatic carbocycles. The third-order valence-corrected chi connectivity index (χ3v) is 4.69. The lowest BCUT2D eigenvalue weighted by Gasteiger charge is -2.07. The molecule has 4 nitrogen and oxygen atoms in total. The van der Waals surface area contributed by atoms with Crippen LogP contribution in [0.25, 0.3) is 0 Å². The molecule has 0 radical (unpaired) electrons. The standard InChI is InChI=1S/C14H16N2O2S/c1-2-11-3-5-12(6-4-11)10-19(17,18)14-7-8-16-9-13(14)15/h3-9H,2,10,15H2,1H3. The van der Waals surface area contributed by atoms with Crippen molar-refractivity contribution in [2.24, 2.45) is 0 Å². The highest BCUT2D eigenvalue weighted by atomic mass is 32.2. The molecular formula is C14H16N2O2S. The van der Waals surface area contributed by atoms with Crippen molar-refractivity contribution in [2.75, 3.05) is 5.73 Å². The van der Waals surface area contributed by atoms with Gasteiger partial charge in [0, 0.05) is 6.20 Å². The van der Waals surface area contributed by atoms with E-state index < -0.39 is 9.84 Å². The minimum atomic E-state index is -3.43. The van der Waals surface area contributed by atoms with E-state index in [9.17, 15) is 8.42 Å². The van der Waals surface area contributed by atoms with Gasteiger partial charge < -0.3 is 5.73 Å². The van der Waals surface area contributed by atoms with Gasteiger partial charge in [0.05, 0.1) is 22.5 Å². The van der Waals surface area contributed by atoms with Gasteiger partial charge in [0.1, 0.15) is 0 Å². The molecule has 2 aromatic rings. The number of nitrogens with zero attached hydrogens (tertiary/aromatic N) is 1. The first-order chi connectivity index (χ1) is 9.03. The number of aromatic nitrogens is 1. The van der Waals surface area contributed by atoms with Gasteiger partial charge in [-0.2, -0.15) is 0 Å². The number of rotatable bonds is 4. The zero-order valence-corrected chi connectivity index (χ0v) is 11.5. The molecule has 1 heterocycles. The maximum Gasteiger partial charge on any atom is 0.184 e. The van der Waals surface area contributed by atoms with E-state index in [1.165, 1.54) is 24.0 Å². The first kappa shape index (κ1) is 13.5. The number of sulfone groups is 1. The van der Waals surface area contributed by atoms with Gasteiger partial charge in [-0.15, -0.1) is 0 Å². The Morgan fingerprint density at radius 1 is 1.11 bits per heavy atom. The Bertz CT molecular complexity index is 664. The molecule has 0 amide bonds. The normalized spacial score (nSPS) is 11.4. The molecule has 0 atom stereocenters. The number of nitrogen functional groups attached to an aromatic ring is 1. The van der Waals surface area contributed by atoms with Crippen LogP contribution < -0.4 is 5.73 Å². The van der Waals surface area contributed by atoms with Crippen LogP contribution in [0.3, 0.4) is 0 Å². The average Bonchev–Trinajstić information content (AvgIpc) is 2.39. The second-order valence-corrected chi connectivity index (χ2v) is 6.30. The summed E-state index contributed by atoms with van der Waals surface area (Å²) in [5.74, 6) is -0.0504. The quantitative estimate of drug-likeness (QED) is 0.929. The summed E-state index contributed by atoms with van der Waals surface area (Å²) in [6, 6.07) is 9.01. The van der Waals surface area contributed by atoms with Crippen LogP contribution in [-0.2, 0) is 22.0 Å². The monoisotopic (exact) mass is 276 g/mol. The Balaban J connectivity index is 2.28. The molecule has 0 aliphatic heterocycles. The lowest BCUT2D eigenvalue weighted by atomic mass is 10.1. The molecular weight excluding hydrogens is 260 g/mol. The van der Waals surface area contributed by atoms with Crippen molar-refractivity contribution in [1.82, 2.24) is 4.98 Å². The second kappa shape index (κ2) is 5.40. The summed E-state index contributed by atoms with van der Waals surface area (Å²) in [5.41, 5.74) is 7.79. The van der Waals surface area contributed by atoms with Crippen LogP contribution in [0.15, 0.2) is 47.6 Å². The van der Waals surface area contributed by atoms with E-state index in [-0.39, 0.29) is 16.3 Å². The summed E-state index contributed by atoms with van der Waals surface area (Å²) in [4.78, 5) is 3.94. The SMILES string of the molecule is CCc1ccc(CS(=O)(=O)c2ccncc2N)cc1. The predicted molar refractivity (Wildman–Crippen MR) is 75.4 cm³/mol. The predicted octanol–water partition coefficient (Wildman–Crippen LogP) is 2.20. The van der Waals surface area contributed by atoms with Crippen LogP contribution in [-0.4, -0.2) is 13.4 Å². The number of hydrogen-bond acceptors (Lipinski definition) is 4. The maximum atomic E-state index is 12.3. The molecule has 0 spiro atoms. The summed E-state index contributed by atoms with van der Waals surface area (Å²) >= 11 is 0. The minimum Gasteiger partial charge on any atom is -0.396 e. The fourth-order valence-electron chi connectivity index (χ4n) is 1.85. The molecule has 1 aromatic heterocycles. The lowest BCUT2D eigenvalue weighted by molar-refractivity contribution is 0.595. The van der Waals surface area contributed by atoms with E-state index in [1.807, 2.05) is 24.3 Å². The highest BCUT2D eigenvalue weighted by Gasteiger charge is 2.18. The van der Waals surface area contributed by atoms with Gasteiger partial charge in [-0.3, -0.25) is 4.98 Å². The fraction of sp³-hybridized carbons (Fsp3) is 0.214. The summed E-state index contributed by atoms with van der Waals surface area (Å²) in [5, 5.41) is 0. The van der Waals surface area contributed by atoms with E-state index in [0.29, 0.717) is 0 Å². The Kier molecular flexibility index (Phi) is 3.85. The highest BCUT2D eigenvalue weighted by molar-refractivity contribution is 7.90. The topological polar surface area (TPSA) is 73.0 Å². The first-order valence-corrected chi connectivity index (χ1v) is 7.68. The number of anilines is 1. The Morgan fingerprint density at radius 2 is 1.74 bits per heavy atom. The van der Waals surface area contributed by atoms with Crippen molar-refractivity contribution in [2.45, 2.75) is 24.0 Å². The van der Waals surface area contributed by atoms with E-state index in [4.69, 9.17) is 5.73 Å². The second-order valence-electron chi connectivity index (χ2n) is 4.34. The average molecular weight is 276 g/mol. The molecule has 19 heavy (non-hydrogen) atoms. The van der Waals surface area contributed by atoms with Gasteiger partial charge in [0.2, 0.25) is 0 Å². The van der Waals surface area contributed by atoms with Crippen molar-refractivity contribution in [3.05, 3.63) is 53.9 Å². The smallest absolute Gasteiger partial charge is 0.184 e. The molecule has 0 aliphatic rings. The van der Waals surface area contributed by atoms with Crippen molar-refractivity contribution in [3.63, 3.8) is 0 Å². The molecule has 2 N–H and O–H groups in total. The summed E-state index contributed by atoms with van der Waals surface area (Å²) in [6.07, 6.45) is 3.72. The fourth-order valence-corrected chi connectivity index (χ4v) is 3.31. The third kappa shape index (κ3) is 3.12. The summed E-state index contributed by atoms with van der Waals surface area (Å²) < 4.78 is 24.5. The van der Waals surface area contributed by atoms with E-state index in [0.717, 1.165) is 12.0 Å². The molecule has 100 valence electrons. The lowest BCUT2D eigenvalue weighted by Crippen LogP contribution is -2.08. The Labute approximate surface area is 113 Å². The molecule has 0 aliphatic carbocycles. The molecule has 0 saturated heterocycles. The summed E-state index contributed by atoms with van der Waals surface area (Å²) in [6.45, 7) is 2.06. The maximum absolute atomic E-state index is 12.3. The number of aryl methyl sites for hydroxylation is 1. The molecule has 0 fully saturated rings. The van der Waals surface area contributed by atoms with Crippen LogP contribution in [0, 0.1) is 0 Å². The number of benzene rings is 1. The van der Waals surface area contributed by atoms with Crippen molar-refractivity contribution < 1.29 is 8.42 Å². The van der Waals surface area contributed by atoms with Gasteiger partial charge in [-0.1, -0.05) is 31.2 Å². The zero-order valence-electron chi connectivity index (χ0n) is 10.7. The number of hydrogen-bond donors (Lipinski definition) is 1. The highest BCUT2D eigenvalue weighted by Crippen LogP contribution is 2.21. The number of nitrogens with two attached hydrogens (primary N) is 1. The zero-order chi connectivity index (χ0) is 13.9. The van der Waals surface area contributed by atoms with Gasteiger partial charge in [-0.05, 0) is 23.6 Å². The minimum absolute atomic E-state index is 0.0504. The van der Waals surface area contributed by atoms with Crippen molar-refractivity contribution >= 4 is 15.5 Å². The largest absolute Gasteiger partial charge is 0.396 e. The molecule has 0 bridgehead atoms. The van der Waals surface area contributed by atoms with Gasteiger partial charge >= 0.3 is 0 Å². The van der Waals surface area contributed by atoms with Crippen LogP contribution in [0.1, 0.15) is 18.1 Å². The van der Waals surface area contributed by atoms with Crippen LogP contribution in [0.4, 0.5) is 5.69 Å². The summed E-state index contributed by atoms with van der Waals surface area (Å²) in [7, 11) is -3.43. The van der Waals surface area contributed by atoms with E-state index in [2.05, 4.69) is 11.9 Å². The van der Waals surface area contributed by atoms with E-state index >= 15 is 0 Å². The van der Waals surface area contributed by atoms with Gasteiger partial charge in [0.15, 0.2) is 9.84 Å². The molecule has 0 unspecified atom stereocenters. The Morgan fingerprint density at radius 3 is 2.32 bits per heavy atom. The molecule has 0 saturated carbocycles. The van der Waals surface area contributed by atoms with Crippen LogP contribution >= 0.6 is 0 Å². The first-order valence-electron chi connectivity index (χ1n) is 6.03.